The van der Waals surface area contributed by atoms with Gasteiger partial charge in [-0.05, 0) is 37.8 Å². The average molecular weight is 463 g/mol. The molecule has 0 radical (unpaired) electrons. The molecule has 6 nitrogen and oxygen atoms in total. The maximum Gasteiger partial charge on any atom is 0.233 e. The number of carbonyl (C=O) groups is 1. The number of carbonyl (C=O) groups excluding carboxylic acids is 1. The third-order valence-electron chi connectivity index (χ3n) is 5.88. The molecule has 1 amide bonds. The highest BCUT2D eigenvalue weighted by atomic mass is 32.2. The van der Waals surface area contributed by atoms with E-state index >= 15 is 0 Å². The number of thioether (sulfide) groups is 1. The molecular weight excluding hydrogens is 432 g/mol. The maximum atomic E-state index is 12.7. The number of hydrogen-bond donors (Lipinski definition) is 0. The van der Waals surface area contributed by atoms with Gasteiger partial charge in [0, 0.05) is 24.7 Å². The molecule has 1 aromatic heterocycles. The van der Waals surface area contributed by atoms with Crippen LogP contribution in [0.2, 0.25) is 0 Å². The van der Waals surface area contributed by atoms with Crippen molar-refractivity contribution in [2.45, 2.75) is 50.5 Å². The Hall–Kier alpha value is -3.06. The first-order valence-electron chi connectivity index (χ1n) is 11.4. The van der Waals surface area contributed by atoms with Crippen LogP contribution in [0.4, 0.5) is 0 Å². The van der Waals surface area contributed by atoms with E-state index in [1.54, 1.807) is 0 Å². The van der Waals surface area contributed by atoms with Gasteiger partial charge in [0.1, 0.15) is 12.4 Å². The minimum Gasteiger partial charge on any atom is -0.485 e. The Labute approximate surface area is 199 Å². The average Bonchev–Trinajstić information content (AvgIpc) is 3.24. The van der Waals surface area contributed by atoms with Crippen LogP contribution < -0.4 is 4.74 Å². The standard InChI is InChI=1S/C26H30N4O2S/c1-3-16-30-24(18-32-23-15-8-7-14-22(23)21-12-5-4-6-13-21)27-28-26(30)33-19-25(31)29-17-10-9-11-20(29)2/h3-8,12-15,20H,1,9-11,16-19H2,2H3/t20-/m1/s1. The van der Waals surface area contributed by atoms with Crippen molar-refractivity contribution in [1.29, 1.82) is 0 Å². The van der Waals surface area contributed by atoms with E-state index in [1.807, 2.05) is 58.0 Å². The van der Waals surface area contributed by atoms with Crippen molar-refractivity contribution >= 4 is 17.7 Å². The minimum absolute atomic E-state index is 0.162. The molecule has 0 unspecified atom stereocenters. The molecule has 1 saturated heterocycles. The normalized spacial score (nSPS) is 15.9. The van der Waals surface area contributed by atoms with Crippen LogP contribution in [-0.2, 0) is 17.9 Å². The Morgan fingerprint density at radius 2 is 1.94 bits per heavy atom. The fourth-order valence-electron chi connectivity index (χ4n) is 4.11. The molecule has 1 fully saturated rings. The Bertz CT molecular complexity index is 1080. The first kappa shape index (κ1) is 23.1. The summed E-state index contributed by atoms with van der Waals surface area (Å²) in [5.74, 6) is 2.02. The number of piperidine rings is 1. The summed E-state index contributed by atoms with van der Waals surface area (Å²) in [6, 6.07) is 18.5. The van der Waals surface area contributed by atoms with Crippen LogP contribution in [0.25, 0.3) is 11.1 Å². The minimum atomic E-state index is 0.162. The van der Waals surface area contributed by atoms with Gasteiger partial charge in [-0.3, -0.25) is 9.36 Å². The summed E-state index contributed by atoms with van der Waals surface area (Å²) in [5.41, 5.74) is 2.13. The molecule has 2 heterocycles. The Morgan fingerprint density at radius 3 is 2.73 bits per heavy atom. The van der Waals surface area contributed by atoms with Gasteiger partial charge in [-0.1, -0.05) is 66.4 Å². The zero-order valence-corrected chi connectivity index (χ0v) is 19.8. The smallest absolute Gasteiger partial charge is 0.233 e. The van der Waals surface area contributed by atoms with Crippen LogP contribution in [0.3, 0.4) is 0 Å². The quantitative estimate of drug-likeness (QED) is 0.323. The first-order valence-corrected chi connectivity index (χ1v) is 12.4. The van der Waals surface area contributed by atoms with Crippen molar-refractivity contribution < 1.29 is 9.53 Å². The monoisotopic (exact) mass is 462 g/mol. The predicted octanol–water partition coefficient (Wildman–Crippen LogP) is 5.20. The van der Waals surface area contributed by atoms with E-state index in [2.05, 4.69) is 35.8 Å². The second-order valence-corrected chi connectivity index (χ2v) is 9.11. The van der Waals surface area contributed by atoms with Gasteiger partial charge in [0.25, 0.3) is 0 Å². The summed E-state index contributed by atoms with van der Waals surface area (Å²) < 4.78 is 8.14. The lowest BCUT2D eigenvalue weighted by Gasteiger charge is -2.33. The summed E-state index contributed by atoms with van der Waals surface area (Å²) in [5, 5.41) is 9.40. The number of rotatable bonds is 9. The molecule has 3 aromatic rings. The van der Waals surface area contributed by atoms with Crippen molar-refractivity contribution in [3.05, 3.63) is 73.1 Å². The zero-order valence-electron chi connectivity index (χ0n) is 19.0. The topological polar surface area (TPSA) is 60.2 Å². The molecule has 4 rings (SSSR count). The van der Waals surface area contributed by atoms with E-state index in [0.29, 0.717) is 29.3 Å². The molecule has 2 aromatic carbocycles. The highest BCUT2D eigenvalue weighted by Crippen LogP contribution is 2.30. The first-order chi connectivity index (χ1) is 16.2. The van der Waals surface area contributed by atoms with Crippen molar-refractivity contribution in [3.8, 4) is 16.9 Å². The SMILES string of the molecule is C=CCn1c(COc2ccccc2-c2ccccc2)nnc1SCC(=O)N1CCCC[C@H]1C. The van der Waals surface area contributed by atoms with Crippen LogP contribution in [0.1, 0.15) is 32.0 Å². The van der Waals surface area contributed by atoms with Crippen LogP contribution in [0, 0.1) is 0 Å². The lowest BCUT2D eigenvalue weighted by Crippen LogP contribution is -2.43. The molecular formula is C26H30N4O2S. The number of hydrogen-bond acceptors (Lipinski definition) is 5. The van der Waals surface area contributed by atoms with Crippen molar-refractivity contribution in [3.63, 3.8) is 0 Å². The van der Waals surface area contributed by atoms with Gasteiger partial charge < -0.3 is 9.64 Å². The number of amides is 1. The van der Waals surface area contributed by atoms with Crippen molar-refractivity contribution in [1.82, 2.24) is 19.7 Å². The van der Waals surface area contributed by atoms with Gasteiger partial charge >= 0.3 is 0 Å². The third-order valence-corrected chi connectivity index (χ3v) is 6.83. The number of para-hydroxylation sites is 1. The molecule has 7 heteroatoms. The van der Waals surface area contributed by atoms with Gasteiger partial charge in [-0.25, -0.2) is 0 Å². The van der Waals surface area contributed by atoms with E-state index in [-0.39, 0.29) is 12.5 Å². The molecule has 1 aliphatic heterocycles. The second kappa shape index (κ2) is 11.2. The Balaban J connectivity index is 1.44. The van der Waals surface area contributed by atoms with Gasteiger partial charge in [0.15, 0.2) is 11.0 Å². The Kier molecular flexibility index (Phi) is 7.83. The lowest BCUT2D eigenvalue weighted by atomic mass is 10.0. The predicted molar refractivity (Wildman–Crippen MR) is 132 cm³/mol. The van der Waals surface area contributed by atoms with E-state index in [4.69, 9.17) is 4.74 Å². The number of benzene rings is 2. The van der Waals surface area contributed by atoms with E-state index in [9.17, 15) is 4.79 Å². The number of aromatic nitrogens is 3. The Morgan fingerprint density at radius 1 is 1.15 bits per heavy atom. The molecule has 33 heavy (non-hydrogen) atoms. The van der Waals surface area contributed by atoms with Crippen molar-refractivity contribution in [2.24, 2.45) is 0 Å². The number of allylic oxidation sites excluding steroid dienone is 1. The number of ether oxygens (including phenoxy) is 1. The highest BCUT2D eigenvalue weighted by Gasteiger charge is 2.24. The molecule has 172 valence electrons. The van der Waals surface area contributed by atoms with E-state index < -0.39 is 0 Å². The molecule has 1 atom stereocenters. The summed E-state index contributed by atoms with van der Waals surface area (Å²) >= 11 is 1.43. The zero-order chi connectivity index (χ0) is 23.0. The fourth-order valence-corrected chi connectivity index (χ4v) is 4.97. The molecule has 0 spiro atoms. The summed E-state index contributed by atoms with van der Waals surface area (Å²) in [4.78, 5) is 14.7. The molecule has 0 bridgehead atoms. The molecule has 0 N–H and O–H groups in total. The van der Waals surface area contributed by atoms with E-state index in [1.165, 1.54) is 18.2 Å². The summed E-state index contributed by atoms with van der Waals surface area (Å²) in [7, 11) is 0. The fraction of sp³-hybridized carbons (Fsp3) is 0.346. The van der Waals surface area contributed by atoms with Crippen LogP contribution in [0.5, 0.6) is 5.75 Å². The van der Waals surface area contributed by atoms with Gasteiger partial charge in [-0.15, -0.1) is 16.8 Å². The van der Waals surface area contributed by atoms with Gasteiger partial charge in [-0.2, -0.15) is 0 Å². The van der Waals surface area contributed by atoms with Gasteiger partial charge in [0.2, 0.25) is 5.91 Å². The van der Waals surface area contributed by atoms with Crippen molar-refractivity contribution in [2.75, 3.05) is 12.3 Å². The maximum absolute atomic E-state index is 12.7. The van der Waals surface area contributed by atoms with Crippen LogP contribution in [0.15, 0.2) is 72.4 Å². The third kappa shape index (κ3) is 5.66. The largest absolute Gasteiger partial charge is 0.485 e. The van der Waals surface area contributed by atoms with Crippen LogP contribution >= 0.6 is 11.8 Å². The number of nitrogens with zero attached hydrogens (tertiary/aromatic N) is 4. The van der Waals surface area contributed by atoms with Gasteiger partial charge in [0.05, 0.1) is 5.75 Å². The van der Waals surface area contributed by atoms with Crippen LogP contribution in [-0.4, -0.2) is 43.9 Å². The summed E-state index contributed by atoms with van der Waals surface area (Å²) in [6.07, 6.45) is 5.17. The molecule has 0 saturated carbocycles. The second-order valence-electron chi connectivity index (χ2n) is 8.17. The number of likely N-dealkylation sites (tertiary alicyclic amines) is 1. The molecule has 0 aliphatic carbocycles. The molecule has 1 aliphatic rings. The summed E-state index contributed by atoms with van der Waals surface area (Å²) in [6.45, 7) is 7.68. The lowest BCUT2D eigenvalue weighted by molar-refractivity contribution is -0.131. The van der Waals surface area contributed by atoms with E-state index in [0.717, 1.165) is 36.3 Å². The highest BCUT2D eigenvalue weighted by molar-refractivity contribution is 7.99.